The van der Waals surface area contributed by atoms with E-state index in [1.165, 1.54) is 0 Å². The van der Waals surface area contributed by atoms with Crippen LogP contribution < -0.4 is 5.32 Å². The topological polar surface area (TPSA) is 35.8 Å². The van der Waals surface area contributed by atoms with Crippen molar-refractivity contribution in [1.29, 1.82) is 5.26 Å². The molecule has 0 bridgehead atoms. The Morgan fingerprint density at radius 3 is 2.40 bits per heavy atom. The van der Waals surface area contributed by atoms with Gasteiger partial charge in [-0.25, -0.2) is 13.2 Å². The zero-order valence-electron chi connectivity index (χ0n) is 10.0. The first-order chi connectivity index (χ1) is 9.51. The van der Waals surface area contributed by atoms with Crippen molar-refractivity contribution >= 4 is 21.6 Å². The third-order valence-electron chi connectivity index (χ3n) is 2.62. The molecular weight excluding hydrogens is 333 g/mol. The van der Waals surface area contributed by atoms with Gasteiger partial charge in [0.1, 0.15) is 11.9 Å². The van der Waals surface area contributed by atoms with Gasteiger partial charge in [-0.3, -0.25) is 0 Å². The lowest BCUT2D eigenvalue weighted by Crippen LogP contribution is -2.11. The molecule has 2 aromatic rings. The number of nitriles is 1. The highest BCUT2D eigenvalue weighted by atomic mass is 79.9. The summed E-state index contributed by atoms with van der Waals surface area (Å²) in [5, 5.41) is 11.8. The minimum absolute atomic E-state index is 0.244. The number of halogens is 4. The van der Waals surface area contributed by atoms with Crippen molar-refractivity contribution in [2.75, 3.05) is 5.32 Å². The minimum Gasteiger partial charge on any atom is -0.366 e. The number of hydrogen-bond donors (Lipinski definition) is 1. The van der Waals surface area contributed by atoms with Gasteiger partial charge in [0, 0.05) is 21.8 Å². The Morgan fingerprint density at radius 2 is 1.75 bits per heavy atom. The van der Waals surface area contributed by atoms with E-state index in [0.29, 0.717) is 17.8 Å². The molecule has 2 nitrogen and oxygen atoms in total. The Hall–Kier alpha value is -2.00. The molecule has 1 atom stereocenters. The van der Waals surface area contributed by atoms with Crippen LogP contribution in [0.25, 0.3) is 0 Å². The van der Waals surface area contributed by atoms with Gasteiger partial charge in [-0.05, 0) is 24.3 Å². The van der Waals surface area contributed by atoms with Gasteiger partial charge in [-0.1, -0.05) is 22.0 Å². The maximum atomic E-state index is 13.6. The predicted octanol–water partition coefficient (Wildman–Crippen LogP) is 4.54. The predicted molar refractivity (Wildman–Crippen MR) is 72.4 cm³/mol. The van der Waals surface area contributed by atoms with E-state index in [9.17, 15) is 13.2 Å². The molecule has 0 saturated carbocycles. The number of rotatable bonds is 3. The Balaban J connectivity index is 2.34. The maximum absolute atomic E-state index is 13.6. The summed E-state index contributed by atoms with van der Waals surface area (Å²) in [6, 6.07) is 8.67. The van der Waals surface area contributed by atoms with Crippen molar-refractivity contribution in [2.45, 2.75) is 6.04 Å². The summed E-state index contributed by atoms with van der Waals surface area (Å²) in [5.41, 5.74) is 0.307. The molecule has 0 aliphatic carbocycles. The van der Waals surface area contributed by atoms with E-state index >= 15 is 0 Å². The highest BCUT2D eigenvalue weighted by Gasteiger charge is 2.18. The first-order valence-corrected chi connectivity index (χ1v) is 6.36. The zero-order chi connectivity index (χ0) is 14.7. The molecule has 0 fully saturated rings. The van der Waals surface area contributed by atoms with Crippen molar-refractivity contribution < 1.29 is 13.2 Å². The van der Waals surface area contributed by atoms with Crippen LogP contribution in [0.1, 0.15) is 11.6 Å². The third-order valence-corrected chi connectivity index (χ3v) is 3.11. The summed E-state index contributed by atoms with van der Waals surface area (Å²) in [6.07, 6.45) is 0. The Kier molecular flexibility index (Phi) is 4.30. The molecule has 0 spiro atoms. The number of anilines is 1. The summed E-state index contributed by atoms with van der Waals surface area (Å²) in [6.45, 7) is 0. The van der Waals surface area contributed by atoms with Gasteiger partial charge in [0.25, 0.3) is 0 Å². The van der Waals surface area contributed by atoms with E-state index in [1.807, 2.05) is 6.07 Å². The highest BCUT2D eigenvalue weighted by molar-refractivity contribution is 9.10. The van der Waals surface area contributed by atoms with Gasteiger partial charge in [0.05, 0.1) is 6.07 Å². The van der Waals surface area contributed by atoms with Crippen LogP contribution in [0.3, 0.4) is 0 Å². The number of benzene rings is 2. The summed E-state index contributed by atoms with van der Waals surface area (Å²) < 4.78 is 40.5. The molecule has 0 aromatic heterocycles. The van der Waals surface area contributed by atoms with Gasteiger partial charge >= 0.3 is 0 Å². The molecule has 0 aliphatic heterocycles. The summed E-state index contributed by atoms with van der Waals surface area (Å²) in [7, 11) is 0. The van der Waals surface area contributed by atoms with Gasteiger partial charge in [0.15, 0.2) is 11.6 Å². The second-order valence-corrected chi connectivity index (χ2v) is 4.92. The van der Waals surface area contributed by atoms with Crippen LogP contribution in [0, 0.1) is 28.8 Å². The highest BCUT2D eigenvalue weighted by Crippen LogP contribution is 2.25. The van der Waals surface area contributed by atoms with Crippen LogP contribution >= 0.6 is 15.9 Å². The molecule has 0 aliphatic rings. The fraction of sp³-hybridized carbons (Fsp3) is 0.0714. The Labute approximate surface area is 122 Å². The monoisotopic (exact) mass is 340 g/mol. The van der Waals surface area contributed by atoms with Crippen LogP contribution in [0.15, 0.2) is 40.9 Å². The quantitative estimate of drug-likeness (QED) is 0.832. The number of hydrogen-bond acceptors (Lipinski definition) is 2. The van der Waals surface area contributed by atoms with Gasteiger partial charge in [0.2, 0.25) is 0 Å². The molecule has 2 rings (SSSR count). The first kappa shape index (κ1) is 14.4. The van der Waals surface area contributed by atoms with Crippen LogP contribution in [0.4, 0.5) is 18.9 Å². The van der Waals surface area contributed by atoms with Crippen molar-refractivity contribution in [3.05, 3.63) is 63.9 Å². The summed E-state index contributed by atoms with van der Waals surface area (Å²) >= 11 is 3.26. The molecule has 0 amide bonds. The lowest BCUT2D eigenvalue weighted by Gasteiger charge is -2.14. The van der Waals surface area contributed by atoms with Crippen LogP contribution in [0.2, 0.25) is 0 Å². The Bertz CT molecular complexity index is 683. The van der Waals surface area contributed by atoms with E-state index in [0.717, 1.165) is 4.47 Å². The van der Waals surface area contributed by atoms with Crippen LogP contribution in [-0.4, -0.2) is 0 Å². The summed E-state index contributed by atoms with van der Waals surface area (Å²) in [5.74, 6) is -3.46. The molecule has 2 aromatic carbocycles. The number of nitrogens with zero attached hydrogens (tertiary/aromatic N) is 1. The molecular formula is C14H8BrF3N2. The Morgan fingerprint density at radius 1 is 1.05 bits per heavy atom. The lowest BCUT2D eigenvalue weighted by molar-refractivity contribution is 0.489. The van der Waals surface area contributed by atoms with E-state index < -0.39 is 23.5 Å². The average Bonchev–Trinajstić information content (AvgIpc) is 2.40. The largest absolute Gasteiger partial charge is 0.366 e. The molecule has 102 valence electrons. The zero-order valence-corrected chi connectivity index (χ0v) is 11.6. The average molecular weight is 341 g/mol. The number of nitrogens with one attached hydrogen (secondary N) is 1. The fourth-order valence-electron chi connectivity index (χ4n) is 1.68. The van der Waals surface area contributed by atoms with Crippen molar-refractivity contribution in [1.82, 2.24) is 0 Å². The van der Waals surface area contributed by atoms with Crippen molar-refractivity contribution in [3.8, 4) is 6.07 Å². The first-order valence-electron chi connectivity index (χ1n) is 5.57. The second-order valence-electron chi connectivity index (χ2n) is 4.00. The van der Waals surface area contributed by atoms with Gasteiger partial charge in [-0.15, -0.1) is 0 Å². The fourth-order valence-corrected chi connectivity index (χ4v) is 2.08. The van der Waals surface area contributed by atoms with Crippen molar-refractivity contribution in [3.63, 3.8) is 0 Å². The van der Waals surface area contributed by atoms with E-state index in [4.69, 9.17) is 5.26 Å². The van der Waals surface area contributed by atoms with E-state index in [2.05, 4.69) is 21.2 Å². The van der Waals surface area contributed by atoms with E-state index in [1.54, 1.807) is 24.3 Å². The molecule has 1 unspecified atom stereocenters. The normalized spacial score (nSPS) is 11.8. The van der Waals surface area contributed by atoms with Gasteiger partial charge in [-0.2, -0.15) is 5.26 Å². The second kappa shape index (κ2) is 5.97. The van der Waals surface area contributed by atoms with Crippen LogP contribution in [0.5, 0.6) is 0 Å². The standard InChI is InChI=1S/C14H8BrF3N2/c15-8-2-1-3-9(4-8)20-14(7-19)10-5-12(17)13(18)6-11(10)16/h1-6,14,20H. The van der Waals surface area contributed by atoms with Gasteiger partial charge < -0.3 is 5.32 Å². The molecule has 6 heteroatoms. The van der Waals surface area contributed by atoms with Crippen molar-refractivity contribution in [2.24, 2.45) is 0 Å². The third kappa shape index (κ3) is 3.11. The molecule has 0 heterocycles. The molecule has 1 N–H and O–H groups in total. The van der Waals surface area contributed by atoms with E-state index in [-0.39, 0.29) is 5.56 Å². The molecule has 20 heavy (non-hydrogen) atoms. The summed E-state index contributed by atoms with van der Waals surface area (Å²) in [4.78, 5) is 0. The lowest BCUT2D eigenvalue weighted by atomic mass is 10.1. The van der Waals surface area contributed by atoms with Crippen LogP contribution in [-0.2, 0) is 0 Å². The minimum atomic E-state index is -1.29. The smallest absolute Gasteiger partial charge is 0.161 e. The SMILES string of the molecule is N#CC(Nc1cccc(Br)c1)c1cc(F)c(F)cc1F. The maximum Gasteiger partial charge on any atom is 0.161 e. The molecule has 0 radical (unpaired) electrons. The molecule has 0 saturated heterocycles.